The van der Waals surface area contributed by atoms with Crippen molar-refractivity contribution in [3.05, 3.63) is 98.8 Å². The number of amides is 4. The maximum atomic E-state index is 14.2. The molecule has 0 aromatic heterocycles. The van der Waals surface area contributed by atoms with E-state index in [-0.39, 0.29) is 17.8 Å². The number of benzene rings is 3. The van der Waals surface area contributed by atoms with Gasteiger partial charge in [-0.05, 0) is 53.5 Å². The van der Waals surface area contributed by atoms with Crippen molar-refractivity contribution >= 4 is 45.5 Å². The summed E-state index contributed by atoms with van der Waals surface area (Å²) in [6, 6.07) is 16.1. The van der Waals surface area contributed by atoms with Gasteiger partial charge in [-0.2, -0.15) is 0 Å². The number of carbonyl (C=O) groups is 3. The highest BCUT2D eigenvalue weighted by Crippen LogP contribution is 2.33. The number of anilines is 1. The lowest BCUT2D eigenvalue weighted by Crippen LogP contribution is -2.54. The summed E-state index contributed by atoms with van der Waals surface area (Å²) in [7, 11) is 1.49. The third kappa shape index (κ3) is 4.88. The van der Waals surface area contributed by atoms with Gasteiger partial charge in [0.05, 0.1) is 12.8 Å². The summed E-state index contributed by atoms with van der Waals surface area (Å²) in [6.45, 7) is 1.92. The fourth-order valence-corrected chi connectivity index (χ4v) is 4.57. The number of nitrogens with one attached hydrogen (secondary N) is 1. The summed E-state index contributed by atoms with van der Waals surface area (Å²) in [5.41, 5.74) is 2.76. The Kier molecular flexibility index (Phi) is 7.12. The molecule has 3 aromatic carbocycles. The van der Waals surface area contributed by atoms with Crippen LogP contribution in [-0.4, -0.2) is 25.0 Å². The Bertz CT molecular complexity index is 1370. The fraction of sp³-hybridized carbons (Fsp3) is 0.148. The molecule has 4 amide bonds. The predicted octanol–water partition coefficient (Wildman–Crippen LogP) is 5.42. The Morgan fingerprint density at radius 1 is 1.03 bits per heavy atom. The van der Waals surface area contributed by atoms with E-state index in [4.69, 9.17) is 4.74 Å². The van der Waals surface area contributed by atoms with Crippen LogP contribution in [0, 0.1) is 5.82 Å². The van der Waals surface area contributed by atoms with Crippen molar-refractivity contribution in [2.75, 3.05) is 12.0 Å². The van der Waals surface area contributed by atoms with Crippen molar-refractivity contribution in [2.24, 2.45) is 0 Å². The van der Waals surface area contributed by atoms with Gasteiger partial charge in [0.25, 0.3) is 11.8 Å². The number of halogens is 2. The number of urea groups is 1. The van der Waals surface area contributed by atoms with E-state index in [0.29, 0.717) is 39.0 Å². The highest BCUT2D eigenvalue weighted by Gasteiger charge is 2.37. The number of methoxy groups -OCH3 is 1. The van der Waals surface area contributed by atoms with E-state index in [1.807, 2.05) is 19.1 Å². The topological polar surface area (TPSA) is 75.7 Å². The standard InChI is InChI=1S/C27H22BrFN2O4/c1-3-17-8-5-7-11-23(17)31-26(33)20(25(32)30-27(31)34)12-16-13-21(28)19(24(14-16)35-2)15-18-9-4-6-10-22(18)29/h4-14H,3,15H2,1-2H3,(H,30,32,34)/b20-12-. The van der Waals surface area contributed by atoms with Gasteiger partial charge in [0.15, 0.2) is 0 Å². The number of para-hydroxylation sites is 1. The van der Waals surface area contributed by atoms with Gasteiger partial charge in [0, 0.05) is 16.5 Å². The van der Waals surface area contributed by atoms with Gasteiger partial charge in [0.2, 0.25) is 0 Å². The van der Waals surface area contributed by atoms with Crippen molar-refractivity contribution in [1.29, 1.82) is 0 Å². The molecule has 0 spiro atoms. The van der Waals surface area contributed by atoms with Crippen LogP contribution in [0.3, 0.4) is 0 Å². The third-order valence-corrected chi connectivity index (χ3v) is 6.46. The van der Waals surface area contributed by atoms with Gasteiger partial charge in [-0.15, -0.1) is 0 Å². The molecule has 3 aromatic rings. The van der Waals surface area contributed by atoms with Crippen LogP contribution in [0.25, 0.3) is 6.08 Å². The number of ether oxygens (including phenoxy) is 1. The average Bonchev–Trinajstić information content (AvgIpc) is 2.84. The smallest absolute Gasteiger partial charge is 0.335 e. The number of rotatable bonds is 6. The number of barbiturate groups is 1. The first kappa shape index (κ1) is 24.3. The zero-order chi connectivity index (χ0) is 25.1. The maximum Gasteiger partial charge on any atom is 0.335 e. The molecule has 0 unspecified atom stereocenters. The molecular weight excluding hydrogens is 515 g/mol. The molecule has 1 fully saturated rings. The van der Waals surface area contributed by atoms with Crippen LogP contribution >= 0.6 is 15.9 Å². The molecule has 0 saturated carbocycles. The van der Waals surface area contributed by atoms with Crippen LogP contribution in [0.5, 0.6) is 5.75 Å². The van der Waals surface area contributed by atoms with E-state index < -0.39 is 17.8 Å². The highest BCUT2D eigenvalue weighted by molar-refractivity contribution is 9.10. The zero-order valence-electron chi connectivity index (χ0n) is 19.1. The Hall–Kier alpha value is -3.78. The molecule has 178 valence electrons. The number of carbonyl (C=O) groups excluding carboxylic acids is 3. The van der Waals surface area contributed by atoms with Crippen molar-refractivity contribution in [3.8, 4) is 5.75 Å². The minimum atomic E-state index is -0.794. The number of hydrogen-bond donors (Lipinski definition) is 1. The largest absolute Gasteiger partial charge is 0.496 e. The molecule has 35 heavy (non-hydrogen) atoms. The van der Waals surface area contributed by atoms with Crippen molar-refractivity contribution in [2.45, 2.75) is 19.8 Å². The summed E-state index contributed by atoms with van der Waals surface area (Å²) >= 11 is 3.51. The first-order valence-electron chi connectivity index (χ1n) is 10.9. The number of aryl methyl sites for hydroxylation is 1. The van der Waals surface area contributed by atoms with Gasteiger partial charge in [0.1, 0.15) is 17.1 Å². The van der Waals surface area contributed by atoms with Crippen molar-refractivity contribution in [3.63, 3.8) is 0 Å². The molecule has 0 radical (unpaired) electrons. The Labute approximate surface area is 210 Å². The minimum Gasteiger partial charge on any atom is -0.496 e. The summed E-state index contributed by atoms with van der Waals surface area (Å²) in [4.78, 5) is 39.4. The van der Waals surface area contributed by atoms with Gasteiger partial charge in [-0.25, -0.2) is 14.1 Å². The van der Waals surface area contributed by atoms with Crippen LogP contribution in [0.15, 0.2) is 70.7 Å². The maximum absolute atomic E-state index is 14.2. The van der Waals surface area contributed by atoms with E-state index in [1.54, 1.807) is 42.5 Å². The summed E-state index contributed by atoms with van der Waals surface area (Å²) in [5, 5.41) is 2.25. The predicted molar refractivity (Wildman–Crippen MR) is 135 cm³/mol. The second kappa shape index (κ2) is 10.2. The summed E-state index contributed by atoms with van der Waals surface area (Å²) in [5.74, 6) is -1.36. The molecule has 4 rings (SSSR count). The van der Waals surface area contributed by atoms with Crippen LogP contribution in [0.1, 0.15) is 29.2 Å². The quantitative estimate of drug-likeness (QED) is 0.337. The molecule has 1 heterocycles. The van der Waals surface area contributed by atoms with Crippen LogP contribution in [0.4, 0.5) is 14.9 Å². The molecule has 1 aliphatic heterocycles. The Morgan fingerprint density at radius 2 is 1.71 bits per heavy atom. The van der Waals surface area contributed by atoms with Gasteiger partial charge >= 0.3 is 6.03 Å². The Balaban J connectivity index is 1.73. The molecule has 0 aliphatic carbocycles. The van der Waals surface area contributed by atoms with Crippen LogP contribution < -0.4 is 15.0 Å². The molecule has 1 saturated heterocycles. The van der Waals surface area contributed by atoms with E-state index in [0.717, 1.165) is 10.5 Å². The molecule has 6 nitrogen and oxygen atoms in total. The van der Waals surface area contributed by atoms with Gasteiger partial charge in [-0.1, -0.05) is 59.3 Å². The lowest BCUT2D eigenvalue weighted by molar-refractivity contribution is -0.122. The van der Waals surface area contributed by atoms with Crippen molar-refractivity contribution < 1.29 is 23.5 Å². The van der Waals surface area contributed by atoms with Crippen LogP contribution in [0.2, 0.25) is 0 Å². The summed E-state index contributed by atoms with van der Waals surface area (Å²) < 4.78 is 20.4. The minimum absolute atomic E-state index is 0.189. The second-order valence-electron chi connectivity index (χ2n) is 7.89. The van der Waals surface area contributed by atoms with Crippen molar-refractivity contribution in [1.82, 2.24) is 5.32 Å². The SMILES string of the molecule is CCc1ccccc1N1C(=O)NC(=O)/C(=C/c2cc(Br)c(Cc3ccccc3F)c(OC)c2)C1=O. The second-order valence-corrected chi connectivity index (χ2v) is 8.75. The molecule has 1 N–H and O–H groups in total. The monoisotopic (exact) mass is 536 g/mol. The van der Waals surface area contributed by atoms with Gasteiger partial charge < -0.3 is 4.74 Å². The molecular formula is C27H22BrFN2O4. The first-order valence-corrected chi connectivity index (χ1v) is 11.7. The number of hydrogen-bond acceptors (Lipinski definition) is 4. The average molecular weight is 537 g/mol. The third-order valence-electron chi connectivity index (χ3n) is 5.75. The summed E-state index contributed by atoms with van der Waals surface area (Å²) in [6.07, 6.45) is 2.29. The Morgan fingerprint density at radius 3 is 2.40 bits per heavy atom. The lowest BCUT2D eigenvalue weighted by atomic mass is 10.00. The van der Waals surface area contributed by atoms with E-state index in [2.05, 4.69) is 21.2 Å². The van der Waals surface area contributed by atoms with E-state index in [9.17, 15) is 18.8 Å². The molecule has 8 heteroatoms. The zero-order valence-corrected chi connectivity index (χ0v) is 20.7. The number of nitrogens with zero attached hydrogens (tertiary/aromatic N) is 1. The highest BCUT2D eigenvalue weighted by atomic mass is 79.9. The lowest BCUT2D eigenvalue weighted by Gasteiger charge is -2.28. The normalized spacial score (nSPS) is 14.9. The fourth-order valence-electron chi connectivity index (χ4n) is 3.97. The first-order chi connectivity index (χ1) is 16.8. The molecule has 0 bridgehead atoms. The van der Waals surface area contributed by atoms with Gasteiger partial charge in [-0.3, -0.25) is 14.9 Å². The molecule has 1 aliphatic rings. The van der Waals surface area contributed by atoms with E-state index >= 15 is 0 Å². The number of imide groups is 2. The van der Waals surface area contributed by atoms with Crippen LogP contribution in [-0.2, 0) is 22.4 Å². The van der Waals surface area contributed by atoms with E-state index in [1.165, 1.54) is 19.3 Å². The molecule has 0 atom stereocenters.